The maximum Gasteiger partial charge on any atom is 0.345 e. The molecule has 1 rings (SSSR count). The molecule has 1 aromatic carbocycles. The maximum absolute atomic E-state index is 11.6. The minimum absolute atomic E-state index is 0.0256. The number of nitrogens with two attached hydrogens (primary N) is 1. The van der Waals surface area contributed by atoms with Crippen LogP contribution in [0.5, 0.6) is 0 Å². The van der Waals surface area contributed by atoms with Gasteiger partial charge in [0.1, 0.15) is 17.2 Å². The van der Waals surface area contributed by atoms with Gasteiger partial charge in [0.05, 0.1) is 13.2 Å². The van der Waals surface area contributed by atoms with Gasteiger partial charge in [-0.3, -0.25) is 4.99 Å². The Hall–Kier alpha value is -2.30. The third-order valence-corrected chi connectivity index (χ3v) is 2.37. The molecular formula is C14H18N2O3. The largest absolute Gasteiger partial charge is 0.512 e. The fraction of sp³-hybridized carbons (Fsp3) is 0.286. The molecule has 5 heteroatoms. The van der Waals surface area contributed by atoms with E-state index in [-0.39, 0.29) is 23.8 Å². The summed E-state index contributed by atoms with van der Waals surface area (Å²) in [5.74, 6) is -0.896. The van der Waals surface area contributed by atoms with Crippen LogP contribution >= 0.6 is 0 Å². The van der Waals surface area contributed by atoms with Gasteiger partial charge >= 0.3 is 5.97 Å². The Balaban J connectivity index is 2.86. The van der Waals surface area contributed by atoms with Crippen LogP contribution in [0, 0.1) is 0 Å². The molecule has 0 saturated heterocycles. The van der Waals surface area contributed by atoms with Gasteiger partial charge in [-0.25, -0.2) is 4.79 Å². The van der Waals surface area contributed by atoms with E-state index in [1.807, 2.05) is 30.3 Å². The average Bonchev–Trinajstić information content (AvgIpc) is 2.37. The third-order valence-electron chi connectivity index (χ3n) is 2.37. The van der Waals surface area contributed by atoms with Crippen molar-refractivity contribution in [2.24, 2.45) is 10.7 Å². The van der Waals surface area contributed by atoms with Crippen molar-refractivity contribution in [3.8, 4) is 0 Å². The second-order valence-corrected chi connectivity index (χ2v) is 3.87. The Labute approximate surface area is 112 Å². The summed E-state index contributed by atoms with van der Waals surface area (Å²) in [5.41, 5.74) is 6.61. The molecule has 19 heavy (non-hydrogen) atoms. The highest BCUT2D eigenvalue weighted by Crippen LogP contribution is 2.07. The minimum atomic E-state index is -0.670. The number of aliphatic hydroxyl groups is 1. The molecule has 102 valence electrons. The van der Waals surface area contributed by atoms with Gasteiger partial charge in [0.15, 0.2) is 0 Å². The summed E-state index contributed by atoms with van der Waals surface area (Å²) in [5, 5.41) is 9.49. The van der Waals surface area contributed by atoms with Crippen molar-refractivity contribution < 1.29 is 14.6 Å². The molecular weight excluding hydrogens is 244 g/mol. The summed E-state index contributed by atoms with van der Waals surface area (Å²) in [6.45, 7) is 3.60. The van der Waals surface area contributed by atoms with Gasteiger partial charge < -0.3 is 15.6 Å². The van der Waals surface area contributed by atoms with Crippen LogP contribution in [-0.2, 0) is 16.1 Å². The lowest BCUT2D eigenvalue weighted by Gasteiger charge is -2.07. The molecule has 3 N–H and O–H groups in total. The highest BCUT2D eigenvalue weighted by molar-refractivity contribution is 6.18. The minimum Gasteiger partial charge on any atom is -0.512 e. The maximum atomic E-state index is 11.6. The number of rotatable bonds is 5. The molecule has 0 amide bonds. The molecule has 0 heterocycles. The lowest BCUT2D eigenvalue weighted by atomic mass is 10.2. The summed E-state index contributed by atoms with van der Waals surface area (Å²) in [7, 11) is 0. The number of amidine groups is 1. The van der Waals surface area contributed by atoms with Crippen LogP contribution in [0.2, 0.25) is 0 Å². The van der Waals surface area contributed by atoms with Gasteiger partial charge in [-0.1, -0.05) is 30.3 Å². The number of esters is 1. The fourth-order valence-electron chi connectivity index (χ4n) is 1.48. The molecule has 0 radical (unpaired) electrons. The van der Waals surface area contributed by atoms with E-state index in [0.717, 1.165) is 5.56 Å². The number of nitrogens with zero attached hydrogens (tertiary/aromatic N) is 1. The first-order valence-electron chi connectivity index (χ1n) is 5.97. The van der Waals surface area contributed by atoms with Crippen LogP contribution in [0.15, 0.2) is 46.7 Å². The van der Waals surface area contributed by atoms with E-state index in [4.69, 9.17) is 10.5 Å². The van der Waals surface area contributed by atoms with E-state index >= 15 is 0 Å². The first-order chi connectivity index (χ1) is 9.06. The first kappa shape index (κ1) is 14.8. The Bertz CT molecular complexity index is 489. The number of carbonyl (C=O) groups is 1. The SMILES string of the molecule is CCOC(=O)/C(C(N)=NCc1ccccc1)=C(/C)O. The van der Waals surface area contributed by atoms with E-state index < -0.39 is 5.97 Å². The van der Waals surface area contributed by atoms with Gasteiger partial charge in [-0.05, 0) is 19.4 Å². The second kappa shape index (κ2) is 7.20. The van der Waals surface area contributed by atoms with Crippen LogP contribution in [0.25, 0.3) is 0 Å². The predicted octanol–water partition coefficient (Wildman–Crippen LogP) is 1.94. The van der Waals surface area contributed by atoms with E-state index in [9.17, 15) is 9.90 Å². The van der Waals surface area contributed by atoms with Gasteiger partial charge in [0.2, 0.25) is 0 Å². The van der Waals surface area contributed by atoms with Crippen molar-refractivity contribution in [1.29, 1.82) is 0 Å². The molecule has 0 bridgehead atoms. The number of aliphatic hydroxyl groups excluding tert-OH is 1. The summed E-state index contributed by atoms with van der Waals surface area (Å²) < 4.78 is 4.82. The third kappa shape index (κ3) is 4.46. The normalized spacial score (nSPS) is 12.8. The Morgan fingerprint density at radius 1 is 1.37 bits per heavy atom. The zero-order chi connectivity index (χ0) is 14.3. The number of aliphatic imine (C=N–C) groups is 1. The molecule has 0 saturated carbocycles. The Kier molecular flexibility index (Phi) is 5.60. The van der Waals surface area contributed by atoms with Crippen molar-refractivity contribution in [2.45, 2.75) is 20.4 Å². The van der Waals surface area contributed by atoms with E-state index in [1.165, 1.54) is 6.92 Å². The van der Waals surface area contributed by atoms with Crippen molar-refractivity contribution in [3.63, 3.8) is 0 Å². The zero-order valence-electron chi connectivity index (χ0n) is 11.1. The second-order valence-electron chi connectivity index (χ2n) is 3.87. The Morgan fingerprint density at radius 3 is 2.53 bits per heavy atom. The van der Waals surface area contributed by atoms with Gasteiger partial charge in [0, 0.05) is 0 Å². The summed E-state index contributed by atoms with van der Waals surface area (Å²) >= 11 is 0. The van der Waals surface area contributed by atoms with E-state index in [2.05, 4.69) is 4.99 Å². The molecule has 0 aliphatic carbocycles. The van der Waals surface area contributed by atoms with Crippen LogP contribution in [0.4, 0.5) is 0 Å². The molecule has 0 aromatic heterocycles. The van der Waals surface area contributed by atoms with Crippen molar-refractivity contribution in [2.75, 3.05) is 6.61 Å². The molecule has 0 aliphatic heterocycles. The lowest BCUT2D eigenvalue weighted by molar-refractivity contribution is -0.138. The number of ether oxygens (including phenoxy) is 1. The van der Waals surface area contributed by atoms with E-state index in [0.29, 0.717) is 6.54 Å². The molecule has 1 aromatic rings. The Morgan fingerprint density at radius 2 is 2.00 bits per heavy atom. The van der Waals surface area contributed by atoms with E-state index in [1.54, 1.807) is 6.92 Å². The molecule has 0 spiro atoms. The summed E-state index contributed by atoms with van der Waals surface area (Å²) in [6, 6.07) is 9.48. The van der Waals surface area contributed by atoms with Crippen LogP contribution < -0.4 is 5.73 Å². The average molecular weight is 262 g/mol. The number of hydrogen-bond acceptors (Lipinski definition) is 4. The van der Waals surface area contributed by atoms with Gasteiger partial charge in [-0.2, -0.15) is 0 Å². The van der Waals surface area contributed by atoms with Crippen molar-refractivity contribution in [3.05, 3.63) is 47.2 Å². The molecule has 0 fully saturated rings. The lowest BCUT2D eigenvalue weighted by Crippen LogP contribution is -2.24. The summed E-state index contributed by atoms with van der Waals surface area (Å²) in [4.78, 5) is 15.7. The van der Waals surface area contributed by atoms with Crippen LogP contribution in [-0.4, -0.2) is 23.5 Å². The highest BCUT2D eigenvalue weighted by Gasteiger charge is 2.18. The summed E-state index contributed by atoms with van der Waals surface area (Å²) in [6.07, 6.45) is 0. The molecule has 0 aliphatic rings. The molecule has 0 atom stereocenters. The smallest absolute Gasteiger partial charge is 0.345 e. The van der Waals surface area contributed by atoms with Crippen molar-refractivity contribution in [1.82, 2.24) is 0 Å². The topological polar surface area (TPSA) is 84.9 Å². The zero-order valence-corrected chi connectivity index (χ0v) is 11.1. The fourth-order valence-corrected chi connectivity index (χ4v) is 1.48. The highest BCUT2D eigenvalue weighted by atomic mass is 16.5. The predicted molar refractivity (Wildman–Crippen MR) is 73.7 cm³/mol. The molecule has 5 nitrogen and oxygen atoms in total. The number of carbonyl (C=O) groups excluding carboxylic acids is 1. The van der Waals surface area contributed by atoms with Gasteiger partial charge in [0.25, 0.3) is 0 Å². The van der Waals surface area contributed by atoms with Crippen LogP contribution in [0.3, 0.4) is 0 Å². The number of allylic oxidation sites excluding steroid dienone is 1. The van der Waals surface area contributed by atoms with Gasteiger partial charge in [-0.15, -0.1) is 0 Å². The number of hydrogen-bond donors (Lipinski definition) is 2. The quantitative estimate of drug-likeness (QED) is 0.279. The molecule has 0 unspecified atom stereocenters. The van der Waals surface area contributed by atoms with Crippen LogP contribution in [0.1, 0.15) is 19.4 Å². The number of benzene rings is 1. The monoisotopic (exact) mass is 262 g/mol. The van der Waals surface area contributed by atoms with Crippen molar-refractivity contribution >= 4 is 11.8 Å². The first-order valence-corrected chi connectivity index (χ1v) is 5.97. The standard InChI is InChI=1S/C14H18N2O3/c1-3-19-14(18)12(10(2)17)13(15)16-9-11-7-5-4-6-8-11/h4-8,17H,3,9H2,1-2H3,(H2,15,16)/b12-10-.